The Balaban J connectivity index is 2.22. The lowest BCUT2D eigenvalue weighted by atomic mass is 10.2. The zero-order valence-corrected chi connectivity index (χ0v) is 11.4. The zero-order valence-electron chi connectivity index (χ0n) is 9.82. The number of rotatable bonds is 1. The minimum Gasteiger partial charge on any atom is -0.304 e. The normalized spacial score (nSPS) is 11.3. The molecule has 3 heterocycles. The van der Waals surface area contributed by atoms with Crippen LogP contribution in [0.5, 0.6) is 0 Å². The van der Waals surface area contributed by atoms with E-state index in [2.05, 4.69) is 9.97 Å². The summed E-state index contributed by atoms with van der Waals surface area (Å²) in [5.74, 6) is 0. The number of thiophene rings is 1. The number of pyridine rings is 1. The predicted molar refractivity (Wildman–Crippen MR) is 74.4 cm³/mol. The monoisotopic (exact) mass is 279 g/mol. The van der Waals surface area contributed by atoms with Crippen molar-refractivity contribution in [2.75, 3.05) is 0 Å². The summed E-state index contributed by atoms with van der Waals surface area (Å²) < 4.78 is 2.28. The minimum absolute atomic E-state index is 0.157. The largest absolute Gasteiger partial charge is 0.327 e. The summed E-state index contributed by atoms with van der Waals surface area (Å²) in [4.78, 5) is 19.6. The summed E-state index contributed by atoms with van der Waals surface area (Å²) in [6.07, 6.45) is 1.76. The van der Waals surface area contributed by atoms with Crippen LogP contribution in [0, 0.1) is 6.92 Å². The number of hydrogen-bond donors (Lipinski definition) is 1. The molecule has 0 fully saturated rings. The first-order chi connectivity index (χ1) is 8.56. The van der Waals surface area contributed by atoms with E-state index in [0.29, 0.717) is 5.65 Å². The SMILES string of the molecule is Cc1cc(-c2cnc3c(c2)[nH]c(=O)n3C)sc1Cl. The van der Waals surface area contributed by atoms with Gasteiger partial charge in [-0.1, -0.05) is 11.6 Å². The van der Waals surface area contributed by atoms with Crippen LogP contribution in [0.3, 0.4) is 0 Å². The predicted octanol–water partition coefficient (Wildman–Crippen LogP) is 2.95. The van der Waals surface area contributed by atoms with Gasteiger partial charge in [0.05, 0.1) is 9.85 Å². The van der Waals surface area contributed by atoms with Crippen molar-refractivity contribution in [3.63, 3.8) is 0 Å². The molecular weight excluding hydrogens is 270 g/mol. The first kappa shape index (κ1) is 11.5. The van der Waals surface area contributed by atoms with Crippen molar-refractivity contribution < 1.29 is 0 Å². The molecule has 0 aromatic carbocycles. The van der Waals surface area contributed by atoms with Crippen LogP contribution in [0.15, 0.2) is 23.1 Å². The van der Waals surface area contributed by atoms with Crippen LogP contribution in [0.2, 0.25) is 4.34 Å². The Hall–Kier alpha value is -1.59. The summed E-state index contributed by atoms with van der Waals surface area (Å²) in [6, 6.07) is 3.95. The van der Waals surface area contributed by atoms with Crippen molar-refractivity contribution in [2.24, 2.45) is 7.05 Å². The molecule has 3 rings (SSSR count). The Kier molecular flexibility index (Phi) is 2.53. The Morgan fingerprint density at radius 1 is 1.44 bits per heavy atom. The van der Waals surface area contributed by atoms with E-state index in [1.165, 1.54) is 15.9 Å². The van der Waals surface area contributed by atoms with E-state index < -0.39 is 0 Å². The van der Waals surface area contributed by atoms with Gasteiger partial charge in [0.25, 0.3) is 0 Å². The fraction of sp³-hybridized carbons (Fsp3) is 0.167. The molecule has 0 aliphatic carbocycles. The van der Waals surface area contributed by atoms with E-state index in [-0.39, 0.29) is 5.69 Å². The molecule has 0 radical (unpaired) electrons. The number of H-pyrrole nitrogens is 1. The van der Waals surface area contributed by atoms with Gasteiger partial charge in [0.15, 0.2) is 5.65 Å². The van der Waals surface area contributed by atoms with Crippen LogP contribution in [0.25, 0.3) is 21.6 Å². The lowest BCUT2D eigenvalue weighted by Crippen LogP contribution is -2.12. The number of aryl methyl sites for hydroxylation is 2. The smallest absolute Gasteiger partial charge is 0.304 e. The van der Waals surface area contributed by atoms with Gasteiger partial charge in [-0.3, -0.25) is 4.57 Å². The molecule has 1 N–H and O–H groups in total. The first-order valence-electron chi connectivity index (χ1n) is 5.37. The minimum atomic E-state index is -0.157. The zero-order chi connectivity index (χ0) is 12.9. The van der Waals surface area contributed by atoms with Crippen molar-refractivity contribution in [3.05, 3.63) is 38.7 Å². The Labute approximate surface area is 112 Å². The highest BCUT2D eigenvalue weighted by molar-refractivity contribution is 7.19. The fourth-order valence-electron chi connectivity index (χ4n) is 1.85. The highest BCUT2D eigenvalue weighted by atomic mass is 35.5. The molecular formula is C12H10ClN3OS. The molecule has 0 unspecified atom stereocenters. The Morgan fingerprint density at radius 3 is 2.89 bits per heavy atom. The van der Waals surface area contributed by atoms with E-state index in [1.807, 2.05) is 19.1 Å². The highest BCUT2D eigenvalue weighted by Gasteiger charge is 2.09. The first-order valence-corrected chi connectivity index (χ1v) is 6.57. The van der Waals surface area contributed by atoms with Crippen LogP contribution in [-0.2, 0) is 7.05 Å². The molecule has 3 aromatic rings. The molecule has 0 aliphatic rings. The number of hydrogen-bond acceptors (Lipinski definition) is 3. The Bertz CT molecular complexity index is 780. The van der Waals surface area contributed by atoms with Crippen molar-refractivity contribution in [3.8, 4) is 10.4 Å². The van der Waals surface area contributed by atoms with E-state index in [9.17, 15) is 4.79 Å². The molecule has 0 saturated heterocycles. The molecule has 0 atom stereocenters. The molecule has 0 aliphatic heterocycles. The molecule has 3 aromatic heterocycles. The molecule has 6 heteroatoms. The van der Waals surface area contributed by atoms with Crippen molar-refractivity contribution >= 4 is 34.1 Å². The van der Waals surface area contributed by atoms with Gasteiger partial charge in [-0.25, -0.2) is 9.78 Å². The second-order valence-corrected chi connectivity index (χ2v) is 5.81. The number of aromatic nitrogens is 3. The van der Waals surface area contributed by atoms with Crippen molar-refractivity contribution in [1.82, 2.24) is 14.5 Å². The number of nitrogens with one attached hydrogen (secondary N) is 1. The average Bonchev–Trinajstić information content (AvgIpc) is 2.81. The van der Waals surface area contributed by atoms with E-state index in [0.717, 1.165) is 25.9 Å². The maximum absolute atomic E-state index is 11.5. The lowest BCUT2D eigenvalue weighted by Gasteiger charge is -1.97. The lowest BCUT2D eigenvalue weighted by molar-refractivity contribution is 0.879. The van der Waals surface area contributed by atoms with Crippen LogP contribution in [-0.4, -0.2) is 14.5 Å². The third-order valence-electron chi connectivity index (χ3n) is 2.87. The van der Waals surface area contributed by atoms with Crippen LogP contribution in [0.4, 0.5) is 0 Å². The number of nitrogens with zero attached hydrogens (tertiary/aromatic N) is 2. The molecule has 18 heavy (non-hydrogen) atoms. The van der Waals surface area contributed by atoms with Gasteiger partial charge in [0.2, 0.25) is 0 Å². The topological polar surface area (TPSA) is 50.7 Å². The summed E-state index contributed by atoms with van der Waals surface area (Å²) in [6.45, 7) is 1.97. The standard InChI is InChI=1S/C12H10ClN3OS/c1-6-3-9(18-10(6)13)7-4-8-11(14-5-7)16(2)12(17)15-8/h3-5H,1-2H3,(H,15,17). The van der Waals surface area contributed by atoms with Crippen LogP contribution >= 0.6 is 22.9 Å². The third-order valence-corrected chi connectivity index (χ3v) is 4.48. The second kappa shape index (κ2) is 3.96. The van der Waals surface area contributed by atoms with E-state index in [1.54, 1.807) is 13.2 Å². The second-order valence-electron chi connectivity index (χ2n) is 4.15. The third kappa shape index (κ3) is 1.67. The Morgan fingerprint density at radius 2 is 2.22 bits per heavy atom. The van der Waals surface area contributed by atoms with Crippen molar-refractivity contribution in [2.45, 2.75) is 6.92 Å². The van der Waals surface area contributed by atoms with Gasteiger partial charge < -0.3 is 4.98 Å². The van der Waals surface area contributed by atoms with Crippen molar-refractivity contribution in [1.29, 1.82) is 0 Å². The number of halogens is 1. The summed E-state index contributed by atoms with van der Waals surface area (Å²) in [7, 11) is 1.69. The fourth-order valence-corrected chi connectivity index (χ4v) is 3.03. The molecule has 0 spiro atoms. The quantitative estimate of drug-likeness (QED) is 0.744. The summed E-state index contributed by atoms with van der Waals surface area (Å²) in [5.41, 5.74) is 3.25. The molecule has 4 nitrogen and oxygen atoms in total. The van der Waals surface area contributed by atoms with E-state index >= 15 is 0 Å². The van der Waals surface area contributed by atoms with Gasteiger partial charge in [0.1, 0.15) is 0 Å². The number of aromatic amines is 1. The van der Waals surface area contributed by atoms with Crippen LogP contribution in [0.1, 0.15) is 5.56 Å². The maximum atomic E-state index is 11.5. The van der Waals surface area contributed by atoms with Gasteiger partial charge in [-0.05, 0) is 24.6 Å². The van der Waals surface area contributed by atoms with Crippen LogP contribution < -0.4 is 5.69 Å². The summed E-state index contributed by atoms with van der Waals surface area (Å²) >= 11 is 7.58. The summed E-state index contributed by atoms with van der Waals surface area (Å²) in [5, 5.41) is 0. The number of imidazole rings is 1. The molecule has 92 valence electrons. The van der Waals surface area contributed by atoms with Gasteiger partial charge in [0, 0.05) is 23.7 Å². The van der Waals surface area contributed by atoms with E-state index in [4.69, 9.17) is 11.6 Å². The molecule has 0 amide bonds. The van der Waals surface area contributed by atoms with Gasteiger partial charge in [-0.2, -0.15) is 0 Å². The van der Waals surface area contributed by atoms with Gasteiger partial charge in [-0.15, -0.1) is 11.3 Å². The van der Waals surface area contributed by atoms with Gasteiger partial charge >= 0.3 is 5.69 Å². The maximum Gasteiger partial charge on any atom is 0.327 e. The number of fused-ring (bicyclic) bond motifs is 1. The average molecular weight is 280 g/mol. The highest BCUT2D eigenvalue weighted by Crippen LogP contribution is 2.34. The molecule has 0 saturated carbocycles. The molecule has 0 bridgehead atoms.